The lowest BCUT2D eigenvalue weighted by molar-refractivity contribution is -0.384. The Labute approximate surface area is 220 Å². The summed E-state index contributed by atoms with van der Waals surface area (Å²) in [6.07, 6.45) is 4.26. The minimum atomic E-state index is -1.09. The number of esters is 2. The van der Waals surface area contributed by atoms with Gasteiger partial charge in [-0.05, 0) is 44.2 Å². The van der Waals surface area contributed by atoms with Crippen LogP contribution in [0.3, 0.4) is 0 Å². The van der Waals surface area contributed by atoms with E-state index in [9.17, 15) is 29.3 Å². The van der Waals surface area contributed by atoms with Gasteiger partial charge in [0.15, 0.2) is 0 Å². The second kappa shape index (κ2) is 11.4. The van der Waals surface area contributed by atoms with Crippen molar-refractivity contribution in [2.45, 2.75) is 69.6 Å². The molecule has 0 unspecified atom stereocenters. The van der Waals surface area contributed by atoms with Gasteiger partial charge in [-0.3, -0.25) is 14.9 Å². The molecule has 1 aromatic rings. The van der Waals surface area contributed by atoms with Crippen LogP contribution in [0.25, 0.3) is 0 Å². The molecule has 1 aliphatic carbocycles. The van der Waals surface area contributed by atoms with E-state index in [1.165, 1.54) is 29.2 Å². The van der Waals surface area contributed by atoms with Crippen LogP contribution < -0.4 is 5.32 Å². The van der Waals surface area contributed by atoms with Crippen molar-refractivity contribution < 1.29 is 33.6 Å². The molecule has 38 heavy (non-hydrogen) atoms. The number of nitrogens with one attached hydrogen (secondary N) is 1. The van der Waals surface area contributed by atoms with Gasteiger partial charge in [-0.1, -0.05) is 19.3 Å². The number of carbonyl (C=O) groups is 4. The molecule has 2 heterocycles. The second-order valence-electron chi connectivity index (χ2n) is 10.2. The van der Waals surface area contributed by atoms with Crippen LogP contribution in [-0.2, 0) is 19.1 Å². The fourth-order valence-electron chi connectivity index (χ4n) is 5.38. The predicted octanol–water partition coefficient (Wildman–Crippen LogP) is 2.65. The molecular formula is C26H34N4O8. The Morgan fingerprint density at radius 3 is 2.55 bits per heavy atom. The van der Waals surface area contributed by atoms with E-state index in [-0.39, 0.29) is 42.8 Å². The molecule has 4 atom stereocenters. The average molecular weight is 531 g/mol. The third kappa shape index (κ3) is 5.73. The highest BCUT2D eigenvalue weighted by Crippen LogP contribution is 2.48. The van der Waals surface area contributed by atoms with Crippen molar-refractivity contribution in [3.05, 3.63) is 39.9 Å². The Morgan fingerprint density at radius 2 is 1.87 bits per heavy atom. The number of hydrogen-bond donors (Lipinski definition) is 1. The number of nitrogens with zero attached hydrogens (tertiary/aromatic N) is 3. The van der Waals surface area contributed by atoms with Gasteiger partial charge in [0.25, 0.3) is 5.69 Å². The number of nitro groups is 1. The molecule has 206 valence electrons. The number of ether oxygens (including phenoxy) is 2. The predicted molar refractivity (Wildman–Crippen MR) is 134 cm³/mol. The standard InChI is InChI=1S/C26H34N4O8/c1-3-37-24(33)26-15-18(26)8-6-4-5-7-13-28(2)25(34)29-16-20(14-21(29)22(31)27-26)38-23(32)17-9-11-19(12-10-17)30(35)36/h9-12,18,20-21H,3-8,13-16H2,1-2H3,(H,27,31)/t18-,20+,21+,26-/m1/s1. The molecule has 12 nitrogen and oxygen atoms in total. The van der Waals surface area contributed by atoms with Crippen LogP contribution in [0.4, 0.5) is 10.5 Å². The van der Waals surface area contributed by atoms with E-state index in [1.807, 2.05) is 0 Å². The number of benzene rings is 1. The summed E-state index contributed by atoms with van der Waals surface area (Å²) >= 11 is 0. The van der Waals surface area contributed by atoms with Crippen LogP contribution in [0.1, 0.15) is 62.2 Å². The van der Waals surface area contributed by atoms with Gasteiger partial charge in [0.05, 0.1) is 23.6 Å². The van der Waals surface area contributed by atoms with E-state index in [1.54, 1.807) is 18.9 Å². The number of fused-ring (bicyclic) bond motifs is 2. The third-order valence-electron chi connectivity index (χ3n) is 7.61. The number of non-ortho nitro benzene ring substituents is 1. The number of amides is 3. The first-order chi connectivity index (χ1) is 18.2. The van der Waals surface area contributed by atoms with E-state index < -0.39 is 40.5 Å². The van der Waals surface area contributed by atoms with Gasteiger partial charge in [0.2, 0.25) is 5.91 Å². The zero-order valence-corrected chi connectivity index (χ0v) is 21.7. The van der Waals surface area contributed by atoms with E-state index >= 15 is 0 Å². The number of urea groups is 1. The van der Waals surface area contributed by atoms with Gasteiger partial charge in [-0.2, -0.15) is 0 Å². The summed E-state index contributed by atoms with van der Waals surface area (Å²) in [5.41, 5.74) is -1.12. The largest absolute Gasteiger partial charge is 0.464 e. The topological polar surface area (TPSA) is 148 Å². The van der Waals surface area contributed by atoms with Crippen molar-refractivity contribution in [2.75, 3.05) is 26.7 Å². The first kappa shape index (κ1) is 27.3. The Balaban J connectivity index is 1.53. The summed E-state index contributed by atoms with van der Waals surface area (Å²) in [5.74, 6) is -1.66. The number of hydrogen-bond acceptors (Lipinski definition) is 8. The zero-order chi connectivity index (χ0) is 27.4. The fourth-order valence-corrected chi connectivity index (χ4v) is 5.38. The monoisotopic (exact) mass is 530 g/mol. The molecule has 12 heteroatoms. The molecule has 4 rings (SSSR count). The molecule has 3 fully saturated rings. The lowest BCUT2D eigenvalue weighted by atomic mass is 10.0. The van der Waals surface area contributed by atoms with Gasteiger partial charge in [-0.15, -0.1) is 0 Å². The molecule has 0 bridgehead atoms. The Bertz CT molecular complexity index is 1090. The molecule has 0 aromatic heterocycles. The van der Waals surface area contributed by atoms with Crippen LogP contribution in [-0.4, -0.2) is 83.0 Å². The van der Waals surface area contributed by atoms with E-state index in [0.29, 0.717) is 13.0 Å². The summed E-state index contributed by atoms with van der Waals surface area (Å²) in [6, 6.07) is 3.73. The summed E-state index contributed by atoms with van der Waals surface area (Å²) in [7, 11) is 1.68. The van der Waals surface area contributed by atoms with Crippen molar-refractivity contribution >= 4 is 29.6 Å². The number of rotatable bonds is 5. The van der Waals surface area contributed by atoms with Gasteiger partial charge in [-0.25, -0.2) is 14.4 Å². The average Bonchev–Trinajstić information content (AvgIpc) is 3.42. The van der Waals surface area contributed by atoms with E-state index in [0.717, 1.165) is 32.1 Å². The molecule has 1 saturated carbocycles. The Hall–Kier alpha value is -3.70. The SMILES string of the molecule is CCOC(=O)[C@@]12C[C@H]1CCCCCCN(C)C(=O)N1C[C@@H](OC(=O)c3ccc([N+](=O)[O-])cc3)C[C@H]1C(=O)N2. The van der Waals surface area contributed by atoms with E-state index in [2.05, 4.69) is 5.32 Å². The molecule has 1 aromatic carbocycles. The van der Waals surface area contributed by atoms with Crippen LogP contribution >= 0.6 is 0 Å². The van der Waals surface area contributed by atoms with Crippen molar-refractivity contribution in [1.82, 2.24) is 15.1 Å². The van der Waals surface area contributed by atoms with Gasteiger partial charge in [0.1, 0.15) is 17.7 Å². The number of carbonyl (C=O) groups excluding carboxylic acids is 4. The van der Waals surface area contributed by atoms with Crippen molar-refractivity contribution in [3.63, 3.8) is 0 Å². The summed E-state index contributed by atoms with van der Waals surface area (Å²) in [6.45, 7) is 2.46. The molecule has 0 spiro atoms. The van der Waals surface area contributed by atoms with Gasteiger partial charge < -0.3 is 24.6 Å². The molecule has 0 radical (unpaired) electrons. The maximum Gasteiger partial charge on any atom is 0.338 e. The highest BCUT2D eigenvalue weighted by atomic mass is 16.6. The lowest BCUT2D eigenvalue weighted by Gasteiger charge is -2.30. The van der Waals surface area contributed by atoms with Crippen LogP contribution in [0.15, 0.2) is 24.3 Å². The minimum Gasteiger partial charge on any atom is -0.464 e. The first-order valence-corrected chi connectivity index (χ1v) is 13.1. The first-order valence-electron chi connectivity index (χ1n) is 13.1. The highest BCUT2D eigenvalue weighted by Gasteiger charge is 2.62. The Morgan fingerprint density at radius 1 is 1.16 bits per heavy atom. The van der Waals surface area contributed by atoms with Crippen molar-refractivity contribution in [1.29, 1.82) is 0 Å². The summed E-state index contributed by atoms with van der Waals surface area (Å²) in [5, 5.41) is 13.8. The Kier molecular flexibility index (Phi) is 8.17. The number of nitro benzene ring substituents is 1. The second-order valence-corrected chi connectivity index (χ2v) is 10.2. The fraction of sp³-hybridized carbons (Fsp3) is 0.615. The van der Waals surface area contributed by atoms with Crippen molar-refractivity contribution in [2.24, 2.45) is 5.92 Å². The normalized spacial score (nSPS) is 27.9. The minimum absolute atomic E-state index is 0.00974. The maximum atomic E-state index is 13.5. The van der Waals surface area contributed by atoms with Gasteiger partial charge in [0, 0.05) is 32.1 Å². The third-order valence-corrected chi connectivity index (χ3v) is 7.61. The maximum absolute atomic E-state index is 13.5. The highest BCUT2D eigenvalue weighted by molar-refractivity contribution is 5.95. The van der Waals surface area contributed by atoms with Gasteiger partial charge >= 0.3 is 18.0 Å². The van der Waals surface area contributed by atoms with Crippen molar-refractivity contribution in [3.8, 4) is 0 Å². The quantitative estimate of drug-likeness (QED) is 0.347. The molecular weight excluding hydrogens is 496 g/mol. The molecule has 3 amide bonds. The lowest BCUT2D eigenvalue weighted by Crippen LogP contribution is -2.55. The molecule has 2 aliphatic heterocycles. The molecule has 1 N–H and O–H groups in total. The molecule has 2 saturated heterocycles. The summed E-state index contributed by atoms with van der Waals surface area (Å²) < 4.78 is 10.9. The zero-order valence-electron chi connectivity index (χ0n) is 21.7. The van der Waals surface area contributed by atoms with Crippen LogP contribution in [0.2, 0.25) is 0 Å². The molecule has 3 aliphatic rings. The van der Waals surface area contributed by atoms with Crippen LogP contribution in [0.5, 0.6) is 0 Å². The summed E-state index contributed by atoms with van der Waals surface area (Å²) in [4.78, 5) is 65.7. The smallest absolute Gasteiger partial charge is 0.338 e. The van der Waals surface area contributed by atoms with Crippen LogP contribution in [0, 0.1) is 16.0 Å². The van der Waals surface area contributed by atoms with E-state index in [4.69, 9.17) is 9.47 Å².